The molecule has 4 N–H and O–H groups in total. The molecule has 2 atom stereocenters. The van der Waals surface area contributed by atoms with Crippen LogP contribution < -0.4 is 16.2 Å². The van der Waals surface area contributed by atoms with Gasteiger partial charge < -0.3 is 16.2 Å². The fourth-order valence-electron chi connectivity index (χ4n) is 0.985. The summed E-state index contributed by atoms with van der Waals surface area (Å²) in [7, 11) is 0. The summed E-state index contributed by atoms with van der Waals surface area (Å²) in [4.78, 5) is 11.5. The van der Waals surface area contributed by atoms with E-state index < -0.39 is 17.4 Å². The molecule has 4 nitrogen and oxygen atoms in total. The monoisotopic (exact) mass is 238 g/mol. The van der Waals surface area contributed by atoms with Crippen LogP contribution in [-0.4, -0.2) is 17.4 Å². The number of para-hydroxylation sites is 1. The van der Waals surface area contributed by atoms with Crippen molar-refractivity contribution in [1.29, 1.82) is 0 Å². The van der Waals surface area contributed by atoms with Gasteiger partial charge in [0.2, 0.25) is 0 Å². The minimum Gasteiger partial charge on any atom is -0.425 e. The van der Waals surface area contributed by atoms with Crippen molar-refractivity contribution < 1.29 is 9.53 Å². The van der Waals surface area contributed by atoms with Crippen LogP contribution in [0.4, 0.5) is 0 Å². The van der Waals surface area contributed by atoms with Gasteiger partial charge in [-0.15, -0.1) is 0 Å². The number of benzene rings is 1. The molecule has 0 bridgehead atoms. The maximum Gasteiger partial charge on any atom is 0.332 e. The van der Waals surface area contributed by atoms with E-state index in [1.54, 1.807) is 24.3 Å². The molecule has 0 radical (unpaired) electrons. The zero-order valence-corrected chi connectivity index (χ0v) is 9.51. The van der Waals surface area contributed by atoms with E-state index >= 15 is 0 Å². The number of hydrogen-bond donors (Lipinski definition) is 3. The van der Waals surface area contributed by atoms with Crippen molar-refractivity contribution in [2.24, 2.45) is 11.5 Å². The van der Waals surface area contributed by atoms with E-state index in [-0.39, 0.29) is 0 Å². The van der Waals surface area contributed by atoms with Crippen molar-refractivity contribution in [3.63, 3.8) is 0 Å². The molecule has 0 aliphatic heterocycles. The molecule has 1 aromatic carbocycles. The third-order valence-corrected chi connectivity index (χ3v) is 1.92. The molecule has 0 aliphatic rings. The van der Waals surface area contributed by atoms with E-state index in [0.29, 0.717) is 5.75 Å². The Bertz CT molecular complexity index is 366. The molecule has 16 heavy (non-hydrogen) atoms. The lowest BCUT2D eigenvalue weighted by Gasteiger charge is -2.07. The number of hydrogen-bond acceptors (Lipinski definition) is 5. The normalized spacial score (nSPS) is 14.7. The van der Waals surface area contributed by atoms with Crippen LogP contribution >= 0.6 is 12.6 Å². The zero-order valence-electron chi connectivity index (χ0n) is 8.61. The molecule has 0 saturated heterocycles. The second kappa shape index (κ2) is 6.32. The minimum atomic E-state index is -0.835. The molecule has 0 aromatic heterocycles. The van der Waals surface area contributed by atoms with Crippen molar-refractivity contribution in [2.75, 3.05) is 0 Å². The number of ether oxygens (including phenoxy) is 1. The standard InChI is InChI=1S/C11H14N2O2S/c12-9(6-7-10(13)16)11(14)15-8-4-2-1-3-5-8/h1-7,9-10,16H,12-13H2/b7-6-. The lowest BCUT2D eigenvalue weighted by Crippen LogP contribution is -2.32. The van der Waals surface area contributed by atoms with E-state index in [2.05, 4.69) is 12.6 Å². The number of carbonyl (C=O) groups excluding carboxylic acids is 1. The van der Waals surface area contributed by atoms with Gasteiger partial charge in [0.05, 0.1) is 5.37 Å². The average Bonchev–Trinajstić information content (AvgIpc) is 2.27. The molecule has 0 saturated carbocycles. The number of carbonyl (C=O) groups is 1. The first kappa shape index (κ1) is 12.8. The first-order valence-corrected chi connectivity index (χ1v) is 5.25. The van der Waals surface area contributed by atoms with E-state index in [0.717, 1.165) is 0 Å². The predicted octanol–water partition coefficient (Wildman–Crippen LogP) is 0.690. The second-order valence-corrected chi connectivity index (χ2v) is 3.73. The highest BCUT2D eigenvalue weighted by atomic mass is 32.1. The lowest BCUT2D eigenvalue weighted by molar-refractivity contribution is -0.134. The minimum absolute atomic E-state index is 0.435. The second-order valence-electron chi connectivity index (χ2n) is 3.14. The smallest absolute Gasteiger partial charge is 0.332 e. The molecule has 86 valence electrons. The Kier molecular flexibility index (Phi) is 5.04. The van der Waals surface area contributed by atoms with E-state index in [1.807, 2.05) is 6.07 Å². The number of rotatable bonds is 4. The van der Waals surface area contributed by atoms with Gasteiger partial charge in [-0.05, 0) is 12.1 Å². The molecule has 5 heteroatoms. The summed E-state index contributed by atoms with van der Waals surface area (Å²) in [6, 6.07) is 7.90. The fraction of sp³-hybridized carbons (Fsp3) is 0.182. The van der Waals surface area contributed by atoms with E-state index in [1.165, 1.54) is 12.2 Å². The molecule has 0 amide bonds. The molecule has 2 unspecified atom stereocenters. The third kappa shape index (κ3) is 4.48. The molecule has 0 spiro atoms. The topological polar surface area (TPSA) is 78.3 Å². The maximum atomic E-state index is 11.5. The lowest BCUT2D eigenvalue weighted by atomic mass is 10.3. The van der Waals surface area contributed by atoms with Crippen molar-refractivity contribution in [3.8, 4) is 5.75 Å². The van der Waals surface area contributed by atoms with Gasteiger partial charge in [0.15, 0.2) is 0 Å². The largest absolute Gasteiger partial charge is 0.425 e. The number of thiol groups is 1. The van der Waals surface area contributed by atoms with Gasteiger partial charge in [-0.3, -0.25) is 0 Å². The summed E-state index contributed by atoms with van der Waals surface area (Å²) < 4.78 is 5.03. The summed E-state index contributed by atoms with van der Waals surface area (Å²) in [5, 5.41) is -0.435. The highest BCUT2D eigenvalue weighted by molar-refractivity contribution is 7.81. The van der Waals surface area contributed by atoms with Gasteiger partial charge in [-0.2, -0.15) is 12.6 Å². The number of esters is 1. The van der Waals surface area contributed by atoms with E-state index in [4.69, 9.17) is 16.2 Å². The number of nitrogens with two attached hydrogens (primary N) is 2. The molecule has 0 heterocycles. The van der Waals surface area contributed by atoms with Crippen LogP contribution in [0.2, 0.25) is 0 Å². The highest BCUT2D eigenvalue weighted by Gasteiger charge is 2.12. The summed E-state index contributed by atoms with van der Waals surface area (Å²) in [6.07, 6.45) is 2.99. The van der Waals surface area contributed by atoms with Crippen molar-refractivity contribution >= 4 is 18.6 Å². The quantitative estimate of drug-likeness (QED) is 0.237. The van der Waals surface area contributed by atoms with Gasteiger partial charge in [-0.25, -0.2) is 4.79 Å². The molecular formula is C11H14N2O2S. The first-order chi connectivity index (χ1) is 7.59. The Morgan fingerprint density at radius 1 is 1.25 bits per heavy atom. The van der Waals surface area contributed by atoms with Gasteiger partial charge in [0.25, 0.3) is 0 Å². The Morgan fingerprint density at radius 3 is 2.44 bits per heavy atom. The first-order valence-electron chi connectivity index (χ1n) is 4.74. The summed E-state index contributed by atoms with van der Waals surface area (Å²) in [6.45, 7) is 0. The van der Waals surface area contributed by atoms with Crippen LogP contribution in [0.15, 0.2) is 42.5 Å². The van der Waals surface area contributed by atoms with Gasteiger partial charge >= 0.3 is 5.97 Å². The Labute approximate surface area is 99.7 Å². The predicted molar refractivity (Wildman–Crippen MR) is 66.2 cm³/mol. The van der Waals surface area contributed by atoms with Gasteiger partial charge in [0, 0.05) is 0 Å². The van der Waals surface area contributed by atoms with Crippen molar-refractivity contribution in [1.82, 2.24) is 0 Å². The summed E-state index contributed by atoms with van der Waals surface area (Å²) in [5.41, 5.74) is 10.9. The van der Waals surface area contributed by atoms with Crippen LogP contribution in [0.3, 0.4) is 0 Å². The Hall–Kier alpha value is -1.30. The SMILES string of the molecule is NC(S)/C=C\C(N)C(=O)Oc1ccccc1. The Balaban J connectivity index is 2.53. The van der Waals surface area contributed by atoms with Crippen molar-refractivity contribution in [2.45, 2.75) is 11.4 Å². The Morgan fingerprint density at radius 2 is 1.88 bits per heavy atom. The molecule has 0 aliphatic carbocycles. The van der Waals surface area contributed by atoms with Gasteiger partial charge in [0.1, 0.15) is 11.8 Å². The van der Waals surface area contributed by atoms with E-state index in [9.17, 15) is 4.79 Å². The molecular weight excluding hydrogens is 224 g/mol. The molecule has 0 fully saturated rings. The summed E-state index contributed by atoms with van der Waals surface area (Å²) in [5.74, 6) is -0.0667. The summed E-state index contributed by atoms with van der Waals surface area (Å²) >= 11 is 3.92. The van der Waals surface area contributed by atoms with Crippen LogP contribution in [0.1, 0.15) is 0 Å². The molecule has 1 aromatic rings. The highest BCUT2D eigenvalue weighted by Crippen LogP contribution is 2.09. The maximum absolute atomic E-state index is 11.5. The van der Waals surface area contributed by atoms with Crippen LogP contribution in [0.25, 0.3) is 0 Å². The average molecular weight is 238 g/mol. The van der Waals surface area contributed by atoms with Crippen LogP contribution in [-0.2, 0) is 4.79 Å². The van der Waals surface area contributed by atoms with Gasteiger partial charge in [-0.1, -0.05) is 30.4 Å². The zero-order chi connectivity index (χ0) is 12.0. The third-order valence-electron chi connectivity index (χ3n) is 1.75. The fourth-order valence-corrected chi connectivity index (χ4v) is 1.08. The van der Waals surface area contributed by atoms with Crippen LogP contribution in [0.5, 0.6) is 5.75 Å². The molecule has 1 rings (SSSR count). The van der Waals surface area contributed by atoms with Crippen LogP contribution in [0, 0.1) is 0 Å². The van der Waals surface area contributed by atoms with Crippen molar-refractivity contribution in [3.05, 3.63) is 42.5 Å².